The van der Waals surface area contributed by atoms with Crippen molar-refractivity contribution in [3.63, 3.8) is 0 Å². The maximum Gasteiger partial charge on any atom is 0.337 e. The van der Waals surface area contributed by atoms with E-state index in [1.54, 1.807) is 23.1 Å². The number of hydrogen-bond acceptors (Lipinski definition) is 4. The zero-order valence-corrected chi connectivity index (χ0v) is 10.7. The lowest BCUT2D eigenvalue weighted by Crippen LogP contribution is -2.02. The van der Waals surface area contributed by atoms with Crippen molar-refractivity contribution in [3.05, 3.63) is 36.2 Å². The van der Waals surface area contributed by atoms with Gasteiger partial charge in [0.05, 0.1) is 18.0 Å². The Balaban J connectivity index is 2.19. The Morgan fingerprint density at radius 3 is 2.68 bits per heavy atom. The number of nitrogens with two attached hydrogens (primary N) is 1. The van der Waals surface area contributed by atoms with Gasteiger partial charge in [-0.25, -0.2) is 4.79 Å². The van der Waals surface area contributed by atoms with Crippen LogP contribution in [-0.4, -0.2) is 20.9 Å². The van der Waals surface area contributed by atoms with Gasteiger partial charge in [0.15, 0.2) is 5.75 Å². The van der Waals surface area contributed by atoms with Crippen molar-refractivity contribution in [3.8, 4) is 11.5 Å². The number of aromatic nitrogens is 2. The van der Waals surface area contributed by atoms with Crippen molar-refractivity contribution in [1.29, 1.82) is 0 Å². The average Bonchev–Trinajstić information content (AvgIpc) is 2.77. The molecule has 0 fully saturated rings. The van der Waals surface area contributed by atoms with Gasteiger partial charge in [0, 0.05) is 17.8 Å². The van der Waals surface area contributed by atoms with Crippen LogP contribution in [0.5, 0.6) is 11.5 Å². The summed E-state index contributed by atoms with van der Waals surface area (Å²) in [7, 11) is 0. The van der Waals surface area contributed by atoms with Crippen LogP contribution < -0.4 is 10.5 Å². The highest BCUT2D eigenvalue weighted by Gasteiger charge is 2.10. The number of aromatic carboxylic acids is 1. The SMILES string of the molecule is CC(C)n1cc(Oc2ccc(C(=O)O)c(N)c2)cn1. The molecule has 100 valence electrons. The lowest BCUT2D eigenvalue weighted by Gasteiger charge is -2.06. The fraction of sp³-hybridized carbons (Fsp3) is 0.231. The third-order valence-corrected chi connectivity index (χ3v) is 2.60. The maximum atomic E-state index is 10.8. The Hall–Kier alpha value is -2.50. The summed E-state index contributed by atoms with van der Waals surface area (Å²) in [4.78, 5) is 10.8. The summed E-state index contributed by atoms with van der Waals surface area (Å²) < 4.78 is 7.34. The first kappa shape index (κ1) is 12.9. The van der Waals surface area contributed by atoms with Crippen LogP contribution in [0.2, 0.25) is 0 Å². The van der Waals surface area contributed by atoms with Gasteiger partial charge in [0.1, 0.15) is 5.75 Å². The van der Waals surface area contributed by atoms with Crippen LogP contribution in [0.25, 0.3) is 0 Å². The number of carboxylic acids is 1. The zero-order chi connectivity index (χ0) is 14.0. The quantitative estimate of drug-likeness (QED) is 0.825. The predicted molar refractivity (Wildman–Crippen MR) is 70.5 cm³/mol. The lowest BCUT2D eigenvalue weighted by atomic mass is 10.2. The normalized spacial score (nSPS) is 10.7. The third kappa shape index (κ3) is 2.85. The molecule has 0 aliphatic heterocycles. The lowest BCUT2D eigenvalue weighted by molar-refractivity contribution is 0.0698. The van der Waals surface area contributed by atoms with Crippen LogP contribution in [0.4, 0.5) is 5.69 Å². The standard InChI is InChI=1S/C13H15N3O3/c1-8(2)16-7-10(6-15-16)19-9-3-4-11(13(17)18)12(14)5-9/h3-8H,14H2,1-2H3,(H,17,18). The Morgan fingerprint density at radius 2 is 2.16 bits per heavy atom. The molecule has 19 heavy (non-hydrogen) atoms. The molecule has 0 radical (unpaired) electrons. The van der Waals surface area contributed by atoms with E-state index in [2.05, 4.69) is 5.10 Å². The number of benzene rings is 1. The van der Waals surface area contributed by atoms with Crippen LogP contribution in [0.3, 0.4) is 0 Å². The van der Waals surface area contributed by atoms with Gasteiger partial charge in [0.25, 0.3) is 0 Å². The monoisotopic (exact) mass is 261 g/mol. The molecule has 6 nitrogen and oxygen atoms in total. The van der Waals surface area contributed by atoms with E-state index in [1.807, 2.05) is 13.8 Å². The fourth-order valence-corrected chi connectivity index (χ4v) is 1.59. The Kier molecular flexibility index (Phi) is 3.41. The van der Waals surface area contributed by atoms with Crippen molar-refractivity contribution >= 4 is 11.7 Å². The van der Waals surface area contributed by atoms with E-state index in [-0.39, 0.29) is 17.3 Å². The minimum atomic E-state index is -1.06. The molecule has 0 unspecified atom stereocenters. The van der Waals surface area contributed by atoms with E-state index in [9.17, 15) is 4.79 Å². The number of nitrogen functional groups attached to an aromatic ring is 1. The minimum Gasteiger partial charge on any atom is -0.478 e. The summed E-state index contributed by atoms with van der Waals surface area (Å²) in [5.41, 5.74) is 5.88. The molecular weight excluding hydrogens is 246 g/mol. The minimum absolute atomic E-state index is 0.0604. The largest absolute Gasteiger partial charge is 0.478 e. The molecule has 1 aromatic carbocycles. The van der Waals surface area contributed by atoms with E-state index in [4.69, 9.17) is 15.6 Å². The molecule has 1 heterocycles. The Labute approximate surface area is 110 Å². The van der Waals surface area contributed by atoms with E-state index in [0.29, 0.717) is 11.5 Å². The topological polar surface area (TPSA) is 90.4 Å². The number of carbonyl (C=O) groups is 1. The third-order valence-electron chi connectivity index (χ3n) is 2.60. The molecule has 0 aliphatic rings. The summed E-state index contributed by atoms with van der Waals surface area (Å²) in [6, 6.07) is 4.71. The van der Waals surface area contributed by atoms with Crippen LogP contribution >= 0.6 is 0 Å². The second-order valence-electron chi connectivity index (χ2n) is 4.41. The number of ether oxygens (including phenoxy) is 1. The van der Waals surface area contributed by atoms with Gasteiger partial charge in [-0.1, -0.05) is 0 Å². The van der Waals surface area contributed by atoms with Crippen LogP contribution in [0.1, 0.15) is 30.2 Å². The van der Waals surface area contributed by atoms with Crippen LogP contribution in [0.15, 0.2) is 30.6 Å². The first-order chi connectivity index (χ1) is 8.97. The fourth-order valence-electron chi connectivity index (χ4n) is 1.59. The van der Waals surface area contributed by atoms with E-state index >= 15 is 0 Å². The van der Waals surface area contributed by atoms with Crippen molar-refractivity contribution in [2.75, 3.05) is 5.73 Å². The summed E-state index contributed by atoms with van der Waals surface area (Å²) in [5.74, 6) is -0.00124. The highest BCUT2D eigenvalue weighted by Crippen LogP contribution is 2.25. The number of nitrogens with zero attached hydrogens (tertiary/aromatic N) is 2. The summed E-state index contributed by atoms with van der Waals surface area (Å²) in [6.45, 7) is 4.02. The molecule has 0 atom stereocenters. The molecule has 0 aliphatic carbocycles. The van der Waals surface area contributed by atoms with E-state index < -0.39 is 5.97 Å². The van der Waals surface area contributed by atoms with Gasteiger partial charge >= 0.3 is 5.97 Å². The molecule has 0 spiro atoms. The molecule has 3 N–H and O–H groups in total. The van der Waals surface area contributed by atoms with Gasteiger partial charge < -0.3 is 15.6 Å². The maximum absolute atomic E-state index is 10.8. The van der Waals surface area contributed by atoms with Gasteiger partial charge in [-0.3, -0.25) is 4.68 Å². The molecular formula is C13H15N3O3. The summed E-state index contributed by atoms with van der Waals surface area (Å²) in [6.07, 6.45) is 3.37. The first-order valence-electron chi connectivity index (χ1n) is 5.82. The molecule has 6 heteroatoms. The second kappa shape index (κ2) is 5.01. The van der Waals surface area contributed by atoms with Crippen molar-refractivity contribution in [2.24, 2.45) is 0 Å². The van der Waals surface area contributed by atoms with Gasteiger partial charge in [-0.15, -0.1) is 0 Å². The average molecular weight is 261 g/mol. The van der Waals surface area contributed by atoms with Crippen molar-refractivity contribution < 1.29 is 14.6 Å². The van der Waals surface area contributed by atoms with E-state index in [1.165, 1.54) is 12.1 Å². The molecule has 0 saturated heterocycles. The zero-order valence-electron chi connectivity index (χ0n) is 10.7. The van der Waals surface area contributed by atoms with Crippen LogP contribution in [-0.2, 0) is 0 Å². The van der Waals surface area contributed by atoms with Crippen LogP contribution in [0, 0.1) is 0 Å². The Morgan fingerprint density at radius 1 is 1.42 bits per heavy atom. The molecule has 2 aromatic rings. The molecule has 2 rings (SSSR count). The number of carboxylic acid groups (broad SMARTS) is 1. The highest BCUT2D eigenvalue weighted by atomic mass is 16.5. The molecule has 0 amide bonds. The summed E-state index contributed by atoms with van der Waals surface area (Å²) >= 11 is 0. The number of anilines is 1. The second-order valence-corrected chi connectivity index (χ2v) is 4.41. The predicted octanol–water partition coefficient (Wildman–Crippen LogP) is 2.54. The first-order valence-corrected chi connectivity index (χ1v) is 5.82. The van der Waals surface area contributed by atoms with E-state index in [0.717, 1.165) is 0 Å². The number of hydrogen-bond donors (Lipinski definition) is 2. The molecule has 1 aromatic heterocycles. The van der Waals surface area contributed by atoms with Crippen molar-refractivity contribution in [2.45, 2.75) is 19.9 Å². The smallest absolute Gasteiger partial charge is 0.337 e. The number of rotatable bonds is 4. The van der Waals surface area contributed by atoms with Crippen molar-refractivity contribution in [1.82, 2.24) is 9.78 Å². The van der Waals surface area contributed by atoms with Gasteiger partial charge in [-0.2, -0.15) is 5.10 Å². The highest BCUT2D eigenvalue weighted by molar-refractivity contribution is 5.93. The molecule has 0 saturated carbocycles. The molecule has 0 bridgehead atoms. The van der Waals surface area contributed by atoms with Gasteiger partial charge in [-0.05, 0) is 26.0 Å². The Bertz CT molecular complexity index is 605. The van der Waals surface area contributed by atoms with Gasteiger partial charge in [0.2, 0.25) is 0 Å². The summed E-state index contributed by atoms with van der Waals surface area (Å²) in [5, 5.41) is 13.0.